The van der Waals surface area contributed by atoms with E-state index in [9.17, 15) is 22.8 Å². The number of hydrogen-bond acceptors (Lipinski definition) is 2. The lowest BCUT2D eigenvalue weighted by Gasteiger charge is -2.36. The lowest BCUT2D eigenvalue weighted by atomic mass is 9.68. The Labute approximate surface area is 184 Å². The van der Waals surface area contributed by atoms with E-state index < -0.39 is 11.6 Å². The smallest absolute Gasteiger partial charge is 0.222 e. The molecule has 4 nitrogen and oxygen atoms in total. The van der Waals surface area contributed by atoms with Gasteiger partial charge < -0.3 is 9.88 Å². The molecule has 1 amide bonds. The summed E-state index contributed by atoms with van der Waals surface area (Å²) >= 11 is 0. The number of amides is 1. The fraction of sp³-hybridized carbons (Fsp3) is 0.360. The molecule has 1 N–H and O–H groups in total. The van der Waals surface area contributed by atoms with Crippen molar-refractivity contribution in [1.29, 1.82) is 0 Å². The molecule has 3 aromatic rings. The molecule has 7 heteroatoms. The average molecular weight is 442 g/mol. The first-order valence-electron chi connectivity index (χ1n) is 10.7. The molecule has 0 spiro atoms. The van der Waals surface area contributed by atoms with E-state index in [-0.39, 0.29) is 47.7 Å². The van der Waals surface area contributed by atoms with Crippen LogP contribution in [0, 0.1) is 23.4 Å². The summed E-state index contributed by atoms with van der Waals surface area (Å²) < 4.78 is 41.9. The van der Waals surface area contributed by atoms with Gasteiger partial charge in [0.2, 0.25) is 5.91 Å². The highest BCUT2D eigenvalue weighted by molar-refractivity contribution is 5.92. The van der Waals surface area contributed by atoms with Crippen LogP contribution in [0.2, 0.25) is 0 Å². The van der Waals surface area contributed by atoms with E-state index in [4.69, 9.17) is 0 Å². The molecule has 4 rings (SSSR count). The lowest BCUT2D eigenvalue weighted by Crippen LogP contribution is -2.26. The molecule has 0 unspecified atom stereocenters. The second-order valence-corrected chi connectivity index (χ2v) is 8.80. The largest absolute Gasteiger partial charge is 0.352 e. The Hall–Kier alpha value is -3.09. The number of benzene rings is 2. The highest BCUT2D eigenvalue weighted by Gasteiger charge is 2.35. The van der Waals surface area contributed by atoms with Gasteiger partial charge in [-0.3, -0.25) is 9.59 Å². The first-order valence-corrected chi connectivity index (χ1v) is 10.7. The van der Waals surface area contributed by atoms with Gasteiger partial charge in [-0.1, -0.05) is 0 Å². The Morgan fingerprint density at radius 3 is 2.34 bits per heavy atom. The van der Waals surface area contributed by atoms with E-state index in [1.54, 1.807) is 26.2 Å². The van der Waals surface area contributed by atoms with E-state index >= 15 is 0 Å². The molecule has 1 heterocycles. The van der Waals surface area contributed by atoms with E-state index in [1.807, 2.05) is 0 Å². The van der Waals surface area contributed by atoms with Gasteiger partial charge in [0.05, 0.1) is 11.2 Å². The number of ketones is 1. The maximum Gasteiger partial charge on any atom is 0.222 e. The summed E-state index contributed by atoms with van der Waals surface area (Å²) in [6, 6.07) is 8.05. The van der Waals surface area contributed by atoms with Crippen molar-refractivity contribution >= 4 is 22.6 Å². The zero-order chi connectivity index (χ0) is 23.0. The molecule has 168 valence electrons. The van der Waals surface area contributed by atoms with Crippen molar-refractivity contribution in [3.8, 4) is 11.3 Å². The van der Waals surface area contributed by atoms with Crippen molar-refractivity contribution in [2.24, 2.45) is 5.92 Å². The highest BCUT2D eigenvalue weighted by Crippen LogP contribution is 2.49. The number of nitrogens with zero attached hydrogens (tertiary/aromatic N) is 1. The van der Waals surface area contributed by atoms with Crippen LogP contribution < -0.4 is 0 Å². The fourth-order valence-corrected chi connectivity index (χ4v) is 4.54. The van der Waals surface area contributed by atoms with Crippen LogP contribution in [-0.4, -0.2) is 35.7 Å². The molecule has 1 aromatic heterocycles. The highest BCUT2D eigenvalue weighted by atomic mass is 19.1. The Morgan fingerprint density at radius 2 is 1.69 bits per heavy atom. The van der Waals surface area contributed by atoms with Gasteiger partial charge in [0, 0.05) is 44.8 Å². The van der Waals surface area contributed by atoms with Gasteiger partial charge in [-0.15, -0.1) is 0 Å². The normalized spacial score (nSPS) is 17.9. The van der Waals surface area contributed by atoms with Crippen molar-refractivity contribution in [3.05, 3.63) is 59.4 Å². The van der Waals surface area contributed by atoms with Crippen molar-refractivity contribution in [3.63, 3.8) is 0 Å². The van der Waals surface area contributed by atoms with Gasteiger partial charge in [-0.05, 0) is 66.1 Å². The molecular weight excluding hydrogens is 417 g/mol. The topological polar surface area (TPSA) is 53.2 Å². The first kappa shape index (κ1) is 22.1. The summed E-state index contributed by atoms with van der Waals surface area (Å²) in [4.78, 5) is 28.5. The molecular formula is C25H25F3N2O2. The van der Waals surface area contributed by atoms with E-state index in [2.05, 4.69) is 4.98 Å². The number of hydrogen-bond donors (Lipinski definition) is 1. The number of Topliss-reactive ketones (excluding diaryl/α,β-unsaturated/α-hetero) is 1. The molecule has 32 heavy (non-hydrogen) atoms. The lowest BCUT2D eigenvalue weighted by molar-refractivity contribution is -0.131. The quantitative estimate of drug-likeness (QED) is 0.520. The molecule has 1 fully saturated rings. The molecule has 0 aliphatic heterocycles. The monoisotopic (exact) mass is 442 g/mol. The molecule has 0 atom stereocenters. The number of carbonyl (C=O) groups is 2. The number of rotatable bonds is 7. The molecule has 2 aromatic carbocycles. The third-order valence-corrected chi connectivity index (χ3v) is 6.27. The minimum atomic E-state index is -0.675. The van der Waals surface area contributed by atoms with Gasteiger partial charge in [-0.2, -0.15) is 0 Å². The number of carbonyl (C=O) groups excluding carboxylic acids is 2. The molecule has 0 bridgehead atoms. The Morgan fingerprint density at radius 1 is 1.00 bits per heavy atom. The number of halogens is 3. The van der Waals surface area contributed by atoms with Crippen LogP contribution in [0.1, 0.15) is 43.6 Å². The van der Waals surface area contributed by atoms with Crippen LogP contribution in [0.3, 0.4) is 0 Å². The SMILES string of the molecule is CN(C)C(=O)CCC(=O)C[C@H]1C[C@H](c2c(-c3ccc(F)cc3)[nH]c3c(F)cc(F)cc32)C1. The molecule has 1 aliphatic carbocycles. The summed E-state index contributed by atoms with van der Waals surface area (Å²) in [5.41, 5.74) is 2.37. The van der Waals surface area contributed by atoms with Crippen LogP contribution >= 0.6 is 0 Å². The van der Waals surface area contributed by atoms with Crippen LogP contribution in [0.5, 0.6) is 0 Å². The number of H-pyrrole nitrogens is 1. The molecule has 1 saturated carbocycles. The third kappa shape index (κ3) is 4.42. The summed E-state index contributed by atoms with van der Waals surface area (Å²) in [5.74, 6) is -1.52. The van der Waals surface area contributed by atoms with Gasteiger partial charge in [0.15, 0.2) is 0 Å². The number of aromatic nitrogens is 1. The average Bonchev–Trinajstić information content (AvgIpc) is 3.08. The summed E-state index contributed by atoms with van der Waals surface area (Å²) in [7, 11) is 3.32. The predicted molar refractivity (Wildman–Crippen MR) is 117 cm³/mol. The number of nitrogens with one attached hydrogen (secondary N) is 1. The van der Waals surface area contributed by atoms with Gasteiger partial charge in [-0.25, -0.2) is 13.2 Å². The van der Waals surface area contributed by atoms with Gasteiger partial charge >= 0.3 is 0 Å². The minimum Gasteiger partial charge on any atom is -0.352 e. The standard InChI is InChI=1S/C25H25F3N2O2/c1-30(2)22(32)8-7-19(31)11-14-9-16(10-14)23-20-12-18(27)13-21(28)25(20)29-24(23)15-3-5-17(26)6-4-15/h3-6,12-14,16,29H,7-11H2,1-2H3/t14-,16-. The summed E-state index contributed by atoms with van der Waals surface area (Å²) in [5, 5.41) is 0.480. The number of fused-ring (bicyclic) bond motifs is 1. The Kier molecular flexibility index (Phi) is 6.09. The van der Waals surface area contributed by atoms with Crippen molar-refractivity contribution in [2.45, 2.75) is 38.0 Å². The zero-order valence-electron chi connectivity index (χ0n) is 18.1. The molecule has 0 radical (unpaired) electrons. The van der Waals surface area contributed by atoms with Crippen molar-refractivity contribution in [1.82, 2.24) is 9.88 Å². The van der Waals surface area contributed by atoms with Gasteiger partial charge in [0.1, 0.15) is 23.2 Å². The first-order chi connectivity index (χ1) is 15.2. The fourth-order valence-electron chi connectivity index (χ4n) is 4.54. The predicted octanol–water partition coefficient (Wildman–Crippen LogP) is 5.57. The molecule has 1 aliphatic rings. The zero-order valence-corrected chi connectivity index (χ0v) is 18.1. The van der Waals surface area contributed by atoms with Crippen LogP contribution in [0.25, 0.3) is 22.2 Å². The second-order valence-electron chi connectivity index (χ2n) is 8.80. The van der Waals surface area contributed by atoms with E-state index in [0.717, 1.165) is 11.6 Å². The van der Waals surface area contributed by atoms with Crippen LogP contribution in [-0.2, 0) is 9.59 Å². The van der Waals surface area contributed by atoms with Crippen LogP contribution in [0.4, 0.5) is 13.2 Å². The third-order valence-electron chi connectivity index (χ3n) is 6.27. The van der Waals surface area contributed by atoms with E-state index in [0.29, 0.717) is 35.9 Å². The van der Waals surface area contributed by atoms with Crippen LogP contribution in [0.15, 0.2) is 36.4 Å². The Bertz CT molecular complexity index is 1160. The summed E-state index contributed by atoms with van der Waals surface area (Å²) in [6.07, 6.45) is 2.26. The van der Waals surface area contributed by atoms with E-state index in [1.165, 1.54) is 23.1 Å². The van der Waals surface area contributed by atoms with Crippen molar-refractivity contribution < 1.29 is 22.8 Å². The second kappa shape index (κ2) is 8.81. The maximum atomic E-state index is 14.5. The molecule has 0 saturated heterocycles. The minimum absolute atomic E-state index is 0.0335. The maximum absolute atomic E-state index is 14.5. The summed E-state index contributed by atoms with van der Waals surface area (Å²) in [6.45, 7) is 0. The number of aromatic amines is 1. The Balaban J connectivity index is 1.54. The van der Waals surface area contributed by atoms with Crippen molar-refractivity contribution in [2.75, 3.05) is 14.1 Å². The van der Waals surface area contributed by atoms with Gasteiger partial charge in [0.25, 0.3) is 0 Å².